The van der Waals surface area contributed by atoms with Gasteiger partial charge in [0.25, 0.3) is 0 Å². The van der Waals surface area contributed by atoms with Gasteiger partial charge >= 0.3 is 5.97 Å². The molecule has 2 rings (SSSR count). The van der Waals surface area contributed by atoms with E-state index in [4.69, 9.17) is 9.84 Å². The van der Waals surface area contributed by atoms with Crippen molar-refractivity contribution < 1.29 is 14.6 Å². The summed E-state index contributed by atoms with van der Waals surface area (Å²) in [6.45, 7) is 1.90. The Morgan fingerprint density at radius 1 is 1.47 bits per heavy atom. The van der Waals surface area contributed by atoms with Gasteiger partial charge in [-0.05, 0) is 25.1 Å². The summed E-state index contributed by atoms with van der Waals surface area (Å²) < 4.78 is 5.00. The van der Waals surface area contributed by atoms with Gasteiger partial charge in [-0.15, -0.1) is 11.3 Å². The number of rotatable bonds is 3. The van der Waals surface area contributed by atoms with Crippen LogP contribution in [0.15, 0.2) is 23.6 Å². The van der Waals surface area contributed by atoms with Gasteiger partial charge in [-0.25, -0.2) is 9.78 Å². The highest BCUT2D eigenvalue weighted by molar-refractivity contribution is 7.13. The molecule has 4 nitrogen and oxygen atoms in total. The van der Waals surface area contributed by atoms with E-state index in [1.54, 1.807) is 12.1 Å². The quantitative estimate of drug-likeness (QED) is 0.908. The molecule has 1 aromatic heterocycles. The lowest BCUT2D eigenvalue weighted by atomic mass is 10.1. The van der Waals surface area contributed by atoms with E-state index in [1.165, 1.54) is 18.4 Å². The second-order valence-electron chi connectivity index (χ2n) is 3.51. The Kier molecular flexibility index (Phi) is 3.10. The minimum atomic E-state index is -1.00. The summed E-state index contributed by atoms with van der Waals surface area (Å²) in [4.78, 5) is 15.4. The second-order valence-corrected chi connectivity index (χ2v) is 4.37. The van der Waals surface area contributed by atoms with Crippen molar-refractivity contribution in [1.82, 2.24) is 4.98 Å². The van der Waals surface area contributed by atoms with Crippen LogP contribution in [-0.2, 0) is 0 Å². The molecule has 0 spiro atoms. The van der Waals surface area contributed by atoms with Crippen molar-refractivity contribution in [3.63, 3.8) is 0 Å². The highest BCUT2D eigenvalue weighted by atomic mass is 32.1. The monoisotopic (exact) mass is 249 g/mol. The smallest absolute Gasteiger partial charge is 0.339 e. The van der Waals surface area contributed by atoms with Gasteiger partial charge in [0.2, 0.25) is 0 Å². The van der Waals surface area contributed by atoms with Crippen molar-refractivity contribution in [3.8, 4) is 16.3 Å². The van der Waals surface area contributed by atoms with E-state index in [-0.39, 0.29) is 5.56 Å². The number of benzene rings is 1. The first-order valence-corrected chi connectivity index (χ1v) is 5.83. The third-order valence-electron chi connectivity index (χ3n) is 2.30. The molecule has 0 amide bonds. The molecular formula is C12H11NO3S. The molecule has 2 aromatic rings. The topological polar surface area (TPSA) is 59.4 Å². The van der Waals surface area contributed by atoms with Gasteiger partial charge in [-0.1, -0.05) is 0 Å². The molecule has 0 aliphatic carbocycles. The van der Waals surface area contributed by atoms with Crippen LogP contribution in [0.25, 0.3) is 10.6 Å². The Labute approximate surface area is 103 Å². The fourth-order valence-corrected chi connectivity index (χ4v) is 2.29. The Hall–Kier alpha value is -1.88. The first-order valence-electron chi connectivity index (χ1n) is 4.95. The number of ether oxygens (including phenoxy) is 1. The van der Waals surface area contributed by atoms with Gasteiger partial charge in [0.1, 0.15) is 16.3 Å². The van der Waals surface area contributed by atoms with Crippen molar-refractivity contribution in [2.24, 2.45) is 0 Å². The summed E-state index contributed by atoms with van der Waals surface area (Å²) in [6.07, 6.45) is 0. The first kappa shape index (κ1) is 11.6. The van der Waals surface area contributed by atoms with Crippen LogP contribution in [0.3, 0.4) is 0 Å². The summed E-state index contributed by atoms with van der Waals surface area (Å²) in [6, 6.07) is 5.04. The molecule has 0 radical (unpaired) electrons. The largest absolute Gasteiger partial charge is 0.496 e. The number of carbonyl (C=O) groups is 1. The van der Waals surface area contributed by atoms with E-state index in [0.29, 0.717) is 5.75 Å². The number of aryl methyl sites for hydroxylation is 1. The zero-order valence-corrected chi connectivity index (χ0v) is 10.2. The number of carboxylic acids is 1. The molecule has 0 aliphatic rings. The van der Waals surface area contributed by atoms with Gasteiger partial charge in [0.15, 0.2) is 0 Å². The third-order valence-corrected chi connectivity index (χ3v) is 3.31. The minimum absolute atomic E-state index is 0.151. The molecule has 0 unspecified atom stereocenters. The zero-order chi connectivity index (χ0) is 12.4. The average molecular weight is 249 g/mol. The van der Waals surface area contributed by atoms with Crippen molar-refractivity contribution in [3.05, 3.63) is 34.8 Å². The lowest BCUT2D eigenvalue weighted by Crippen LogP contribution is -2.00. The zero-order valence-electron chi connectivity index (χ0n) is 9.43. The lowest BCUT2D eigenvalue weighted by molar-refractivity contribution is 0.0693. The van der Waals surface area contributed by atoms with Gasteiger partial charge in [0.05, 0.1) is 7.11 Å². The molecular weight excluding hydrogens is 238 g/mol. The van der Waals surface area contributed by atoms with Gasteiger partial charge in [-0.3, -0.25) is 0 Å². The molecule has 17 heavy (non-hydrogen) atoms. The number of aromatic carboxylic acids is 1. The molecule has 1 N–H and O–H groups in total. The van der Waals surface area contributed by atoms with Gasteiger partial charge in [-0.2, -0.15) is 0 Å². The summed E-state index contributed by atoms with van der Waals surface area (Å²) in [7, 11) is 1.45. The molecule has 0 bridgehead atoms. The molecule has 1 aromatic carbocycles. The van der Waals surface area contributed by atoms with Crippen molar-refractivity contribution >= 4 is 17.3 Å². The highest BCUT2D eigenvalue weighted by Gasteiger charge is 2.13. The molecule has 0 atom stereocenters. The maximum Gasteiger partial charge on any atom is 0.339 e. The summed E-state index contributed by atoms with van der Waals surface area (Å²) in [5.41, 5.74) is 1.87. The number of hydrogen-bond donors (Lipinski definition) is 1. The predicted octanol–water partition coefficient (Wildman–Crippen LogP) is 2.83. The fraction of sp³-hybridized carbons (Fsp3) is 0.167. The number of carboxylic acid groups (broad SMARTS) is 1. The van der Waals surface area contributed by atoms with E-state index < -0.39 is 5.97 Å². The Morgan fingerprint density at radius 3 is 2.76 bits per heavy atom. The maximum atomic E-state index is 11.1. The first-order chi connectivity index (χ1) is 8.11. The average Bonchev–Trinajstić information content (AvgIpc) is 2.75. The maximum absolute atomic E-state index is 11.1. The number of thiazole rings is 1. The minimum Gasteiger partial charge on any atom is -0.496 e. The van der Waals surface area contributed by atoms with Crippen molar-refractivity contribution in [2.45, 2.75) is 6.92 Å². The SMILES string of the molecule is COc1ccc(-c2nc(C)cs2)cc1C(=O)O. The van der Waals surface area contributed by atoms with Crippen LogP contribution in [0.1, 0.15) is 16.1 Å². The lowest BCUT2D eigenvalue weighted by Gasteiger charge is -2.05. The normalized spacial score (nSPS) is 10.2. The molecule has 1 heterocycles. The predicted molar refractivity (Wildman–Crippen MR) is 65.8 cm³/mol. The summed E-state index contributed by atoms with van der Waals surface area (Å²) >= 11 is 1.49. The Bertz CT molecular complexity index is 563. The van der Waals surface area contributed by atoms with E-state index in [2.05, 4.69) is 4.98 Å². The van der Waals surface area contributed by atoms with E-state index in [1.807, 2.05) is 18.4 Å². The van der Waals surface area contributed by atoms with Crippen LogP contribution in [0.5, 0.6) is 5.75 Å². The van der Waals surface area contributed by atoms with Crippen LogP contribution in [0, 0.1) is 6.92 Å². The van der Waals surface area contributed by atoms with E-state index in [0.717, 1.165) is 16.3 Å². The summed E-state index contributed by atoms with van der Waals surface area (Å²) in [5, 5.41) is 11.8. The highest BCUT2D eigenvalue weighted by Crippen LogP contribution is 2.28. The third kappa shape index (κ3) is 2.29. The van der Waals surface area contributed by atoms with Crippen molar-refractivity contribution in [2.75, 3.05) is 7.11 Å². The fourth-order valence-electron chi connectivity index (χ4n) is 1.49. The van der Waals surface area contributed by atoms with Gasteiger partial charge in [0, 0.05) is 16.6 Å². The van der Waals surface area contributed by atoms with Crippen LogP contribution < -0.4 is 4.74 Å². The molecule has 0 fully saturated rings. The van der Waals surface area contributed by atoms with Crippen LogP contribution >= 0.6 is 11.3 Å². The molecule has 0 aliphatic heterocycles. The number of aromatic nitrogens is 1. The molecule has 0 saturated heterocycles. The number of hydrogen-bond acceptors (Lipinski definition) is 4. The Morgan fingerprint density at radius 2 is 2.24 bits per heavy atom. The van der Waals surface area contributed by atoms with E-state index >= 15 is 0 Å². The number of nitrogens with zero attached hydrogens (tertiary/aromatic N) is 1. The Balaban J connectivity index is 2.50. The second kappa shape index (κ2) is 4.55. The van der Waals surface area contributed by atoms with Crippen LogP contribution in [0.4, 0.5) is 0 Å². The van der Waals surface area contributed by atoms with Crippen molar-refractivity contribution in [1.29, 1.82) is 0 Å². The molecule has 5 heteroatoms. The van der Waals surface area contributed by atoms with E-state index in [9.17, 15) is 4.79 Å². The van der Waals surface area contributed by atoms with Crippen LogP contribution in [0.2, 0.25) is 0 Å². The number of methoxy groups -OCH3 is 1. The standard InChI is InChI=1S/C12H11NO3S/c1-7-6-17-11(13-7)8-3-4-10(16-2)9(5-8)12(14)15/h3-6H,1-2H3,(H,14,15). The van der Waals surface area contributed by atoms with Crippen LogP contribution in [-0.4, -0.2) is 23.2 Å². The summed E-state index contributed by atoms with van der Waals surface area (Å²) in [5.74, 6) is -0.647. The molecule has 0 saturated carbocycles. The van der Waals surface area contributed by atoms with Gasteiger partial charge < -0.3 is 9.84 Å². The molecule has 88 valence electrons.